The predicted octanol–water partition coefficient (Wildman–Crippen LogP) is 5.55. The molecule has 0 spiro atoms. The minimum atomic E-state index is -0.288. The zero-order valence-electron chi connectivity index (χ0n) is 15.9. The van der Waals surface area contributed by atoms with E-state index in [0.29, 0.717) is 11.4 Å². The van der Waals surface area contributed by atoms with Crippen molar-refractivity contribution in [2.24, 2.45) is 0 Å². The molecule has 5 rings (SSSR count). The minimum Gasteiger partial charge on any atom is -0.482 e. The van der Waals surface area contributed by atoms with Crippen LogP contribution in [-0.4, -0.2) is 17.5 Å². The molecule has 1 aliphatic rings. The Kier molecular flexibility index (Phi) is 4.48. The van der Waals surface area contributed by atoms with Crippen LogP contribution >= 0.6 is 0 Å². The topological polar surface area (TPSA) is 51.2 Å². The lowest BCUT2D eigenvalue weighted by Crippen LogP contribution is -2.25. The number of halogens is 1. The Morgan fingerprint density at radius 1 is 0.767 bits per heavy atom. The van der Waals surface area contributed by atoms with E-state index in [4.69, 9.17) is 9.72 Å². The second-order valence-electron chi connectivity index (χ2n) is 7.05. The van der Waals surface area contributed by atoms with Crippen molar-refractivity contribution >= 4 is 11.6 Å². The number of rotatable bonds is 3. The molecule has 0 fully saturated rings. The number of nitrogens with zero attached hydrogens (tertiary/aromatic N) is 1. The summed E-state index contributed by atoms with van der Waals surface area (Å²) in [6.07, 6.45) is 0. The zero-order valence-corrected chi connectivity index (χ0v) is 15.9. The number of benzene rings is 3. The molecule has 4 nitrogen and oxygen atoms in total. The van der Waals surface area contributed by atoms with Crippen LogP contribution in [-0.2, 0) is 4.79 Å². The van der Waals surface area contributed by atoms with Crippen LogP contribution in [0.15, 0.2) is 84.9 Å². The molecule has 0 saturated carbocycles. The second-order valence-corrected chi connectivity index (χ2v) is 7.05. The molecule has 0 unspecified atom stereocenters. The first-order valence-corrected chi connectivity index (χ1v) is 9.56. The largest absolute Gasteiger partial charge is 0.482 e. The maximum absolute atomic E-state index is 13.4. The van der Waals surface area contributed by atoms with Gasteiger partial charge in [-0.05, 0) is 65.7 Å². The highest BCUT2D eigenvalue weighted by Gasteiger charge is 2.17. The van der Waals surface area contributed by atoms with Crippen LogP contribution in [0.1, 0.15) is 0 Å². The molecule has 1 amide bonds. The van der Waals surface area contributed by atoms with Gasteiger partial charge in [0.25, 0.3) is 5.91 Å². The number of pyridine rings is 1. The average Bonchev–Trinajstić information content (AvgIpc) is 2.79. The third kappa shape index (κ3) is 3.53. The monoisotopic (exact) mass is 396 g/mol. The molecule has 5 heteroatoms. The summed E-state index contributed by atoms with van der Waals surface area (Å²) < 4.78 is 18.9. The molecule has 2 heterocycles. The first-order valence-electron chi connectivity index (χ1n) is 9.56. The van der Waals surface area contributed by atoms with Crippen LogP contribution in [0.4, 0.5) is 10.1 Å². The van der Waals surface area contributed by atoms with E-state index >= 15 is 0 Å². The smallest absolute Gasteiger partial charge is 0.262 e. The highest BCUT2D eigenvalue weighted by atomic mass is 19.1. The quantitative estimate of drug-likeness (QED) is 0.494. The standard InChI is InChI=1S/C25H17FN2O2/c26-20-9-6-17(7-10-20)21-13-19(16-4-2-1-3-5-16)14-22(27-21)18-8-11-24-23(12-18)28-25(29)15-30-24/h1-14H,15H2,(H,28,29). The first kappa shape index (κ1) is 18.1. The molecular formula is C25H17FN2O2. The van der Waals surface area contributed by atoms with Gasteiger partial charge in [-0.3, -0.25) is 4.79 Å². The fourth-order valence-corrected chi connectivity index (χ4v) is 3.49. The van der Waals surface area contributed by atoms with E-state index in [-0.39, 0.29) is 18.3 Å². The van der Waals surface area contributed by atoms with Crippen LogP contribution in [0.5, 0.6) is 5.75 Å². The summed E-state index contributed by atoms with van der Waals surface area (Å²) in [5.74, 6) is 0.164. The van der Waals surface area contributed by atoms with E-state index in [1.807, 2.05) is 60.7 Å². The summed E-state index contributed by atoms with van der Waals surface area (Å²) in [7, 11) is 0. The number of carbonyl (C=O) groups is 1. The average molecular weight is 396 g/mol. The number of aromatic nitrogens is 1. The Morgan fingerprint density at radius 2 is 1.47 bits per heavy atom. The summed E-state index contributed by atoms with van der Waals surface area (Å²) in [6, 6.07) is 25.9. The maximum atomic E-state index is 13.4. The first-order chi connectivity index (χ1) is 14.7. The van der Waals surface area contributed by atoms with Gasteiger partial charge in [-0.2, -0.15) is 0 Å². The molecule has 0 aliphatic carbocycles. The molecule has 3 aromatic carbocycles. The fraction of sp³-hybridized carbons (Fsp3) is 0.0400. The molecule has 0 saturated heterocycles. The van der Waals surface area contributed by atoms with Crippen molar-refractivity contribution < 1.29 is 13.9 Å². The van der Waals surface area contributed by atoms with E-state index in [1.54, 1.807) is 12.1 Å². The third-order valence-electron chi connectivity index (χ3n) is 4.98. The van der Waals surface area contributed by atoms with Gasteiger partial charge in [0, 0.05) is 11.1 Å². The number of amides is 1. The number of fused-ring (bicyclic) bond motifs is 1. The molecule has 0 atom stereocenters. The summed E-state index contributed by atoms with van der Waals surface area (Å²) in [5.41, 5.74) is 5.84. The van der Waals surface area contributed by atoms with E-state index < -0.39 is 0 Å². The van der Waals surface area contributed by atoms with Gasteiger partial charge in [-0.1, -0.05) is 30.3 Å². The Hall–Kier alpha value is -3.99. The van der Waals surface area contributed by atoms with E-state index in [1.165, 1.54) is 12.1 Å². The Balaban J connectivity index is 1.66. The SMILES string of the molecule is O=C1COc2ccc(-c3cc(-c4ccccc4)cc(-c4ccc(F)cc4)n3)cc2N1. The molecule has 0 bridgehead atoms. The van der Waals surface area contributed by atoms with Crippen molar-refractivity contribution in [1.29, 1.82) is 0 Å². The zero-order chi connectivity index (χ0) is 20.5. The number of hydrogen-bond donors (Lipinski definition) is 1. The van der Waals surface area contributed by atoms with Gasteiger partial charge >= 0.3 is 0 Å². The van der Waals surface area contributed by atoms with Gasteiger partial charge < -0.3 is 10.1 Å². The van der Waals surface area contributed by atoms with Gasteiger partial charge in [0.1, 0.15) is 11.6 Å². The van der Waals surface area contributed by atoms with Crippen LogP contribution in [0, 0.1) is 5.82 Å². The molecule has 4 aromatic rings. The van der Waals surface area contributed by atoms with Crippen LogP contribution < -0.4 is 10.1 Å². The van der Waals surface area contributed by atoms with Gasteiger partial charge in [0.05, 0.1) is 17.1 Å². The molecule has 30 heavy (non-hydrogen) atoms. The molecule has 1 aliphatic heterocycles. The molecule has 146 valence electrons. The van der Waals surface area contributed by atoms with Crippen LogP contribution in [0.2, 0.25) is 0 Å². The van der Waals surface area contributed by atoms with Crippen molar-refractivity contribution in [3.05, 3.63) is 90.7 Å². The Morgan fingerprint density at radius 3 is 2.23 bits per heavy atom. The van der Waals surface area contributed by atoms with Crippen molar-refractivity contribution in [3.63, 3.8) is 0 Å². The predicted molar refractivity (Wildman–Crippen MR) is 115 cm³/mol. The number of nitrogens with one attached hydrogen (secondary N) is 1. The minimum absolute atomic E-state index is 0.0167. The van der Waals surface area contributed by atoms with Crippen LogP contribution in [0.3, 0.4) is 0 Å². The van der Waals surface area contributed by atoms with Crippen molar-refractivity contribution in [2.45, 2.75) is 0 Å². The lowest BCUT2D eigenvalue weighted by molar-refractivity contribution is -0.118. The van der Waals surface area contributed by atoms with E-state index in [2.05, 4.69) is 5.32 Å². The van der Waals surface area contributed by atoms with Crippen molar-refractivity contribution in [3.8, 4) is 39.4 Å². The Bertz CT molecular complexity index is 1240. The van der Waals surface area contributed by atoms with E-state index in [0.717, 1.165) is 33.6 Å². The second kappa shape index (κ2) is 7.44. The lowest BCUT2D eigenvalue weighted by atomic mass is 9.99. The van der Waals surface area contributed by atoms with E-state index in [9.17, 15) is 9.18 Å². The summed E-state index contributed by atoms with van der Waals surface area (Å²) in [6.45, 7) is 0.0167. The summed E-state index contributed by atoms with van der Waals surface area (Å²) in [4.78, 5) is 16.5. The lowest BCUT2D eigenvalue weighted by Gasteiger charge is -2.18. The number of carbonyl (C=O) groups excluding carboxylic acids is 1. The maximum Gasteiger partial charge on any atom is 0.262 e. The number of ether oxygens (including phenoxy) is 1. The van der Waals surface area contributed by atoms with Gasteiger partial charge in [-0.15, -0.1) is 0 Å². The molecular weight excluding hydrogens is 379 g/mol. The Labute approximate surface area is 173 Å². The third-order valence-corrected chi connectivity index (χ3v) is 4.98. The fourth-order valence-electron chi connectivity index (χ4n) is 3.49. The van der Waals surface area contributed by atoms with Gasteiger partial charge in [0.2, 0.25) is 0 Å². The van der Waals surface area contributed by atoms with Gasteiger partial charge in [0.15, 0.2) is 6.61 Å². The van der Waals surface area contributed by atoms with Gasteiger partial charge in [-0.25, -0.2) is 9.37 Å². The molecule has 1 aromatic heterocycles. The van der Waals surface area contributed by atoms with Crippen molar-refractivity contribution in [2.75, 3.05) is 11.9 Å². The summed E-state index contributed by atoms with van der Waals surface area (Å²) in [5, 5.41) is 2.84. The highest BCUT2D eigenvalue weighted by molar-refractivity contribution is 5.96. The molecule has 0 radical (unpaired) electrons. The van der Waals surface area contributed by atoms with Crippen LogP contribution in [0.25, 0.3) is 33.6 Å². The van der Waals surface area contributed by atoms with Crippen molar-refractivity contribution in [1.82, 2.24) is 4.98 Å². The molecule has 1 N–H and O–H groups in total. The highest BCUT2D eigenvalue weighted by Crippen LogP contribution is 2.35. The number of hydrogen-bond acceptors (Lipinski definition) is 3. The summed E-state index contributed by atoms with van der Waals surface area (Å²) >= 11 is 0. The number of anilines is 1. The normalized spacial score (nSPS) is 12.6.